The van der Waals surface area contributed by atoms with Crippen molar-refractivity contribution in [2.75, 3.05) is 11.9 Å². The smallest absolute Gasteiger partial charge is 0.337 e. The van der Waals surface area contributed by atoms with Gasteiger partial charge in [-0.1, -0.05) is 6.07 Å². The van der Waals surface area contributed by atoms with Gasteiger partial charge in [0.15, 0.2) is 0 Å². The maximum absolute atomic E-state index is 11.0. The largest absolute Gasteiger partial charge is 0.478 e. The molecule has 3 nitrogen and oxygen atoms in total. The zero-order valence-electron chi connectivity index (χ0n) is 9.61. The van der Waals surface area contributed by atoms with Crippen molar-refractivity contribution in [3.8, 4) is 0 Å². The lowest BCUT2D eigenvalue weighted by atomic mass is 10.1. The minimum absolute atomic E-state index is 0.282. The number of carboxylic acid groups (broad SMARTS) is 1. The van der Waals surface area contributed by atoms with Crippen molar-refractivity contribution >= 4 is 11.7 Å². The molecule has 0 aromatic heterocycles. The van der Waals surface area contributed by atoms with Crippen molar-refractivity contribution in [2.45, 2.75) is 26.8 Å². The van der Waals surface area contributed by atoms with Crippen molar-refractivity contribution in [1.29, 1.82) is 0 Å². The summed E-state index contributed by atoms with van der Waals surface area (Å²) in [5.41, 5.74) is 2.21. The molecule has 15 heavy (non-hydrogen) atoms. The zero-order valence-corrected chi connectivity index (χ0v) is 9.61. The van der Waals surface area contributed by atoms with Crippen molar-refractivity contribution < 1.29 is 9.90 Å². The van der Waals surface area contributed by atoms with E-state index in [4.69, 9.17) is 5.11 Å². The molecule has 1 aromatic carbocycles. The number of anilines is 1. The quantitative estimate of drug-likeness (QED) is 0.828. The first-order chi connectivity index (χ1) is 6.93. The Hall–Kier alpha value is -1.51. The molecule has 0 atom stereocenters. The number of hydrogen-bond donors (Lipinski definition) is 1. The van der Waals surface area contributed by atoms with Crippen LogP contribution in [0.1, 0.15) is 29.8 Å². The van der Waals surface area contributed by atoms with Crippen LogP contribution in [0.25, 0.3) is 0 Å². The maximum Gasteiger partial charge on any atom is 0.337 e. The summed E-state index contributed by atoms with van der Waals surface area (Å²) in [6.07, 6.45) is 0. The lowest BCUT2D eigenvalue weighted by molar-refractivity contribution is 0.0697. The van der Waals surface area contributed by atoms with Gasteiger partial charge in [-0.05, 0) is 38.5 Å². The van der Waals surface area contributed by atoms with Gasteiger partial charge in [0.2, 0.25) is 0 Å². The third-order valence-electron chi connectivity index (χ3n) is 2.54. The number of aryl methyl sites for hydroxylation is 1. The molecular weight excluding hydrogens is 190 g/mol. The Bertz CT molecular complexity index is 372. The summed E-state index contributed by atoms with van der Waals surface area (Å²) in [6, 6.07) is 5.67. The topological polar surface area (TPSA) is 40.5 Å². The van der Waals surface area contributed by atoms with Crippen molar-refractivity contribution in [3.05, 3.63) is 29.3 Å². The minimum atomic E-state index is -0.877. The van der Waals surface area contributed by atoms with E-state index in [1.807, 2.05) is 44.9 Å². The van der Waals surface area contributed by atoms with Crippen LogP contribution in [-0.2, 0) is 0 Å². The SMILES string of the molecule is Cc1ccc(C(=O)O)c(N(C)C(C)C)c1. The number of hydrogen-bond acceptors (Lipinski definition) is 2. The second kappa shape index (κ2) is 4.34. The number of aromatic carboxylic acids is 1. The van der Waals surface area contributed by atoms with E-state index in [9.17, 15) is 4.79 Å². The van der Waals surface area contributed by atoms with Gasteiger partial charge in [-0.2, -0.15) is 0 Å². The fourth-order valence-electron chi connectivity index (χ4n) is 1.39. The molecule has 0 unspecified atom stereocenters. The van der Waals surface area contributed by atoms with E-state index in [2.05, 4.69) is 0 Å². The second-order valence-corrected chi connectivity index (χ2v) is 4.03. The van der Waals surface area contributed by atoms with Crippen LogP contribution < -0.4 is 4.90 Å². The fraction of sp³-hybridized carbons (Fsp3) is 0.417. The predicted octanol–water partition coefficient (Wildman–Crippen LogP) is 2.54. The first-order valence-corrected chi connectivity index (χ1v) is 5.00. The molecule has 0 heterocycles. The van der Waals surface area contributed by atoms with Crippen LogP contribution in [0, 0.1) is 6.92 Å². The minimum Gasteiger partial charge on any atom is -0.478 e. The first kappa shape index (κ1) is 11.6. The molecule has 82 valence electrons. The fourth-order valence-corrected chi connectivity index (χ4v) is 1.39. The molecule has 0 amide bonds. The number of carboxylic acids is 1. The summed E-state index contributed by atoms with van der Waals surface area (Å²) in [7, 11) is 1.91. The van der Waals surface area contributed by atoms with Crippen LogP contribution in [0.2, 0.25) is 0 Å². The van der Waals surface area contributed by atoms with Crippen LogP contribution in [-0.4, -0.2) is 24.2 Å². The molecule has 0 aliphatic rings. The highest BCUT2D eigenvalue weighted by molar-refractivity contribution is 5.94. The second-order valence-electron chi connectivity index (χ2n) is 4.03. The van der Waals surface area contributed by atoms with Crippen LogP contribution in [0.5, 0.6) is 0 Å². The van der Waals surface area contributed by atoms with Gasteiger partial charge in [0.25, 0.3) is 0 Å². The Balaban J connectivity index is 3.24. The summed E-state index contributed by atoms with van der Waals surface area (Å²) >= 11 is 0. The highest BCUT2D eigenvalue weighted by Crippen LogP contribution is 2.22. The Morgan fingerprint density at radius 2 is 2.00 bits per heavy atom. The third-order valence-corrected chi connectivity index (χ3v) is 2.54. The van der Waals surface area contributed by atoms with E-state index in [1.54, 1.807) is 6.07 Å². The molecular formula is C12H17NO2. The average molecular weight is 207 g/mol. The maximum atomic E-state index is 11.0. The Kier molecular flexibility index (Phi) is 3.35. The van der Waals surface area contributed by atoms with Crippen LogP contribution in [0.4, 0.5) is 5.69 Å². The molecule has 1 N–H and O–H groups in total. The Morgan fingerprint density at radius 3 is 2.47 bits per heavy atom. The highest BCUT2D eigenvalue weighted by Gasteiger charge is 2.14. The van der Waals surface area contributed by atoms with Gasteiger partial charge in [0.1, 0.15) is 0 Å². The molecule has 1 aromatic rings. The third kappa shape index (κ3) is 2.49. The molecule has 0 spiro atoms. The van der Waals surface area contributed by atoms with Crippen molar-refractivity contribution in [3.63, 3.8) is 0 Å². The lowest BCUT2D eigenvalue weighted by Gasteiger charge is -2.25. The molecule has 1 rings (SSSR count). The zero-order chi connectivity index (χ0) is 11.6. The van der Waals surface area contributed by atoms with Gasteiger partial charge in [-0.25, -0.2) is 4.79 Å². The monoisotopic (exact) mass is 207 g/mol. The van der Waals surface area contributed by atoms with Gasteiger partial charge in [-0.15, -0.1) is 0 Å². The van der Waals surface area contributed by atoms with Crippen LogP contribution in [0.3, 0.4) is 0 Å². The predicted molar refractivity (Wildman–Crippen MR) is 61.7 cm³/mol. The van der Waals surface area contributed by atoms with E-state index >= 15 is 0 Å². The van der Waals surface area contributed by atoms with Crippen molar-refractivity contribution in [2.24, 2.45) is 0 Å². The molecule has 0 saturated heterocycles. The standard InChI is InChI=1S/C12H17NO2/c1-8(2)13(4)11-7-9(3)5-6-10(11)12(14)15/h5-8H,1-4H3,(H,14,15). The summed E-state index contributed by atoms with van der Waals surface area (Å²) in [4.78, 5) is 13.0. The molecule has 0 radical (unpaired) electrons. The van der Waals surface area contributed by atoms with E-state index in [0.29, 0.717) is 5.56 Å². The van der Waals surface area contributed by atoms with E-state index < -0.39 is 5.97 Å². The lowest BCUT2D eigenvalue weighted by Crippen LogP contribution is -2.27. The highest BCUT2D eigenvalue weighted by atomic mass is 16.4. The molecule has 0 fully saturated rings. The van der Waals surface area contributed by atoms with Crippen LogP contribution in [0.15, 0.2) is 18.2 Å². The van der Waals surface area contributed by atoms with Crippen molar-refractivity contribution in [1.82, 2.24) is 0 Å². The normalized spacial score (nSPS) is 10.5. The summed E-state index contributed by atoms with van der Waals surface area (Å²) in [5, 5.41) is 9.06. The molecule has 3 heteroatoms. The number of benzene rings is 1. The van der Waals surface area contributed by atoms with Gasteiger partial charge in [-0.3, -0.25) is 0 Å². The summed E-state index contributed by atoms with van der Waals surface area (Å²) < 4.78 is 0. The van der Waals surface area contributed by atoms with Gasteiger partial charge >= 0.3 is 5.97 Å². The average Bonchev–Trinajstić information content (AvgIpc) is 2.15. The first-order valence-electron chi connectivity index (χ1n) is 5.00. The van der Waals surface area contributed by atoms with Crippen LogP contribution >= 0.6 is 0 Å². The summed E-state index contributed by atoms with van der Waals surface area (Å²) in [6.45, 7) is 6.03. The number of nitrogens with zero attached hydrogens (tertiary/aromatic N) is 1. The molecule has 0 aliphatic heterocycles. The summed E-state index contributed by atoms with van der Waals surface area (Å²) in [5.74, 6) is -0.877. The van der Waals surface area contributed by atoms with E-state index in [-0.39, 0.29) is 6.04 Å². The van der Waals surface area contributed by atoms with Gasteiger partial charge < -0.3 is 10.0 Å². The van der Waals surface area contributed by atoms with E-state index in [1.165, 1.54) is 0 Å². The number of carbonyl (C=O) groups is 1. The molecule has 0 aliphatic carbocycles. The Morgan fingerprint density at radius 1 is 1.40 bits per heavy atom. The van der Waals surface area contributed by atoms with Gasteiger partial charge in [0.05, 0.1) is 11.3 Å². The Labute approximate surface area is 90.3 Å². The van der Waals surface area contributed by atoms with Gasteiger partial charge in [0, 0.05) is 13.1 Å². The molecule has 0 saturated carbocycles. The number of rotatable bonds is 3. The molecule has 0 bridgehead atoms. The van der Waals surface area contributed by atoms with E-state index in [0.717, 1.165) is 11.3 Å².